The molecular formula is C16H16ClNO3S. The number of carbonyl (C=O) groups is 1. The van der Waals surface area contributed by atoms with Gasteiger partial charge < -0.3 is 14.8 Å². The normalized spacial score (nSPS) is 19.6. The number of rotatable bonds is 4. The van der Waals surface area contributed by atoms with Crippen molar-refractivity contribution in [1.82, 2.24) is 5.32 Å². The standard InChI is InChI=1S/C16H16ClNO3S/c17-13-3-1-11(2-4-13)15(12-5-8-22-10-12)18-16(19)14-9-20-6-7-21-14/h1-5,8,10,14-15H,6-7,9H2,(H,18,19)/t14-,15+/m1/s1. The van der Waals surface area contributed by atoms with Crippen molar-refractivity contribution in [3.05, 3.63) is 57.2 Å². The largest absolute Gasteiger partial charge is 0.376 e. The number of amides is 1. The minimum absolute atomic E-state index is 0.161. The van der Waals surface area contributed by atoms with Gasteiger partial charge in [-0.15, -0.1) is 0 Å². The second-order valence-corrected chi connectivity index (χ2v) is 6.20. The fourth-order valence-electron chi connectivity index (χ4n) is 2.33. The molecule has 2 atom stereocenters. The molecule has 1 aliphatic heterocycles. The van der Waals surface area contributed by atoms with Crippen LogP contribution in [0.2, 0.25) is 5.02 Å². The van der Waals surface area contributed by atoms with Crippen molar-refractivity contribution < 1.29 is 14.3 Å². The molecule has 3 rings (SSSR count). The third-order valence-electron chi connectivity index (χ3n) is 3.47. The van der Waals surface area contributed by atoms with Gasteiger partial charge in [0.25, 0.3) is 5.91 Å². The van der Waals surface area contributed by atoms with Crippen LogP contribution in [0.25, 0.3) is 0 Å². The van der Waals surface area contributed by atoms with Crippen LogP contribution in [0, 0.1) is 0 Å². The maximum absolute atomic E-state index is 12.4. The fourth-order valence-corrected chi connectivity index (χ4v) is 3.14. The van der Waals surface area contributed by atoms with E-state index in [0.29, 0.717) is 24.8 Å². The summed E-state index contributed by atoms with van der Waals surface area (Å²) in [4.78, 5) is 12.4. The molecule has 1 fully saturated rings. The van der Waals surface area contributed by atoms with Gasteiger partial charge in [0, 0.05) is 5.02 Å². The van der Waals surface area contributed by atoms with Gasteiger partial charge >= 0.3 is 0 Å². The van der Waals surface area contributed by atoms with Gasteiger partial charge in [-0.25, -0.2) is 0 Å². The van der Waals surface area contributed by atoms with Crippen LogP contribution in [-0.2, 0) is 14.3 Å². The maximum atomic E-state index is 12.4. The van der Waals surface area contributed by atoms with E-state index in [9.17, 15) is 4.79 Å². The Morgan fingerprint density at radius 2 is 2.05 bits per heavy atom. The molecule has 0 radical (unpaired) electrons. The molecule has 1 aliphatic rings. The lowest BCUT2D eigenvalue weighted by molar-refractivity contribution is -0.148. The number of benzene rings is 1. The number of carbonyl (C=O) groups excluding carboxylic acids is 1. The Morgan fingerprint density at radius 1 is 1.23 bits per heavy atom. The SMILES string of the molecule is O=C(N[C@@H](c1ccc(Cl)cc1)c1ccsc1)[C@H]1COCCO1. The minimum atomic E-state index is -0.554. The molecule has 0 unspecified atom stereocenters. The molecule has 22 heavy (non-hydrogen) atoms. The highest BCUT2D eigenvalue weighted by Crippen LogP contribution is 2.25. The summed E-state index contributed by atoms with van der Waals surface area (Å²) >= 11 is 7.54. The molecule has 1 N–H and O–H groups in total. The molecule has 2 aromatic rings. The third kappa shape index (κ3) is 3.67. The van der Waals surface area contributed by atoms with Gasteiger partial charge in [0.15, 0.2) is 6.10 Å². The molecule has 1 aromatic carbocycles. The zero-order valence-electron chi connectivity index (χ0n) is 11.8. The summed E-state index contributed by atoms with van der Waals surface area (Å²) < 4.78 is 10.8. The lowest BCUT2D eigenvalue weighted by Gasteiger charge is -2.25. The van der Waals surface area contributed by atoms with Crippen molar-refractivity contribution in [2.24, 2.45) is 0 Å². The summed E-state index contributed by atoms with van der Waals surface area (Å²) in [6.45, 7) is 1.28. The zero-order valence-corrected chi connectivity index (χ0v) is 13.4. The van der Waals surface area contributed by atoms with Crippen LogP contribution >= 0.6 is 22.9 Å². The predicted molar refractivity (Wildman–Crippen MR) is 86.3 cm³/mol. The number of nitrogens with one attached hydrogen (secondary N) is 1. The number of thiophene rings is 1. The van der Waals surface area contributed by atoms with E-state index in [2.05, 4.69) is 5.32 Å². The molecule has 1 amide bonds. The lowest BCUT2D eigenvalue weighted by Crippen LogP contribution is -2.44. The quantitative estimate of drug-likeness (QED) is 0.933. The molecule has 4 nitrogen and oxygen atoms in total. The van der Waals surface area contributed by atoms with Crippen LogP contribution in [0.1, 0.15) is 17.2 Å². The van der Waals surface area contributed by atoms with Crippen molar-refractivity contribution in [2.45, 2.75) is 12.1 Å². The van der Waals surface area contributed by atoms with E-state index < -0.39 is 6.10 Å². The fraction of sp³-hybridized carbons (Fsp3) is 0.312. The minimum Gasteiger partial charge on any atom is -0.376 e. The van der Waals surface area contributed by atoms with Crippen LogP contribution in [-0.4, -0.2) is 31.8 Å². The molecule has 6 heteroatoms. The van der Waals surface area contributed by atoms with Gasteiger partial charge in [0.05, 0.1) is 25.9 Å². The van der Waals surface area contributed by atoms with E-state index in [1.165, 1.54) is 0 Å². The van der Waals surface area contributed by atoms with Gasteiger partial charge in [0.1, 0.15) is 0 Å². The molecule has 1 aromatic heterocycles. The van der Waals surface area contributed by atoms with E-state index >= 15 is 0 Å². The Kier molecular flexibility index (Phi) is 5.10. The summed E-state index contributed by atoms with van der Waals surface area (Å²) in [5.74, 6) is -0.161. The Hall–Kier alpha value is -1.40. The molecule has 2 heterocycles. The van der Waals surface area contributed by atoms with E-state index in [1.807, 2.05) is 41.1 Å². The first-order valence-corrected chi connectivity index (χ1v) is 8.33. The summed E-state index contributed by atoms with van der Waals surface area (Å²) in [5, 5.41) is 7.73. The molecule has 0 aliphatic carbocycles. The summed E-state index contributed by atoms with van der Waals surface area (Å²) in [7, 11) is 0. The highest BCUT2D eigenvalue weighted by Gasteiger charge is 2.26. The van der Waals surface area contributed by atoms with Crippen molar-refractivity contribution in [2.75, 3.05) is 19.8 Å². The molecule has 1 saturated heterocycles. The van der Waals surface area contributed by atoms with Crippen LogP contribution < -0.4 is 5.32 Å². The van der Waals surface area contributed by atoms with Crippen LogP contribution in [0.5, 0.6) is 0 Å². The first-order valence-electron chi connectivity index (χ1n) is 7.01. The second-order valence-electron chi connectivity index (χ2n) is 4.98. The molecule has 0 bridgehead atoms. The zero-order chi connectivity index (χ0) is 15.4. The third-order valence-corrected chi connectivity index (χ3v) is 4.43. The molecule has 0 saturated carbocycles. The van der Waals surface area contributed by atoms with E-state index in [0.717, 1.165) is 11.1 Å². The van der Waals surface area contributed by atoms with Crippen molar-refractivity contribution in [1.29, 1.82) is 0 Å². The van der Waals surface area contributed by atoms with Gasteiger partial charge in [0.2, 0.25) is 0 Å². The number of hydrogen-bond acceptors (Lipinski definition) is 4. The van der Waals surface area contributed by atoms with E-state index in [4.69, 9.17) is 21.1 Å². The predicted octanol–water partition coefficient (Wildman–Crippen LogP) is 3.02. The second kappa shape index (κ2) is 7.24. The lowest BCUT2D eigenvalue weighted by atomic mass is 10.0. The molecule has 0 spiro atoms. The van der Waals surface area contributed by atoms with E-state index in [-0.39, 0.29) is 11.9 Å². The average Bonchev–Trinajstić information content (AvgIpc) is 3.08. The Morgan fingerprint density at radius 3 is 2.68 bits per heavy atom. The highest BCUT2D eigenvalue weighted by atomic mass is 35.5. The Balaban J connectivity index is 1.79. The topological polar surface area (TPSA) is 47.6 Å². The van der Waals surface area contributed by atoms with Crippen LogP contribution in [0.4, 0.5) is 0 Å². The van der Waals surface area contributed by atoms with Gasteiger partial charge in [-0.3, -0.25) is 4.79 Å². The van der Waals surface area contributed by atoms with Crippen molar-refractivity contribution >= 4 is 28.8 Å². The van der Waals surface area contributed by atoms with Crippen LogP contribution in [0.15, 0.2) is 41.1 Å². The number of halogens is 1. The average molecular weight is 338 g/mol. The van der Waals surface area contributed by atoms with Crippen LogP contribution in [0.3, 0.4) is 0 Å². The monoisotopic (exact) mass is 337 g/mol. The van der Waals surface area contributed by atoms with Gasteiger partial charge in [-0.1, -0.05) is 23.7 Å². The smallest absolute Gasteiger partial charge is 0.252 e. The van der Waals surface area contributed by atoms with Crippen molar-refractivity contribution in [3.63, 3.8) is 0 Å². The van der Waals surface area contributed by atoms with E-state index in [1.54, 1.807) is 11.3 Å². The van der Waals surface area contributed by atoms with Gasteiger partial charge in [-0.2, -0.15) is 11.3 Å². The molecule has 116 valence electrons. The summed E-state index contributed by atoms with van der Waals surface area (Å²) in [6, 6.07) is 9.27. The molecular weight excluding hydrogens is 322 g/mol. The first kappa shape index (κ1) is 15.5. The number of hydrogen-bond donors (Lipinski definition) is 1. The maximum Gasteiger partial charge on any atom is 0.252 e. The Labute approximate surface area is 138 Å². The van der Waals surface area contributed by atoms with Gasteiger partial charge in [-0.05, 0) is 40.1 Å². The first-order chi connectivity index (χ1) is 10.7. The van der Waals surface area contributed by atoms with Crippen molar-refractivity contribution in [3.8, 4) is 0 Å². The Bertz CT molecular complexity index is 609. The summed E-state index contributed by atoms with van der Waals surface area (Å²) in [6.07, 6.45) is -0.554. The number of ether oxygens (including phenoxy) is 2. The highest BCUT2D eigenvalue weighted by molar-refractivity contribution is 7.08. The summed E-state index contributed by atoms with van der Waals surface area (Å²) in [5.41, 5.74) is 2.02.